The Labute approximate surface area is 147 Å². The Kier molecular flexibility index (Phi) is 6.49. The third-order valence-electron chi connectivity index (χ3n) is 3.28. The van der Waals surface area contributed by atoms with Gasteiger partial charge in [-0.3, -0.25) is 4.79 Å². The molecule has 7 nitrogen and oxygen atoms in total. The number of benzene rings is 1. The van der Waals surface area contributed by atoms with Gasteiger partial charge in [0.15, 0.2) is 5.82 Å². The maximum absolute atomic E-state index is 12.5. The molecule has 0 saturated carbocycles. The van der Waals surface area contributed by atoms with Crippen molar-refractivity contribution in [3.05, 3.63) is 53.1 Å². The molecule has 2 aromatic rings. The summed E-state index contributed by atoms with van der Waals surface area (Å²) in [5.41, 5.74) is 0.769. The molecule has 0 bridgehead atoms. The van der Waals surface area contributed by atoms with E-state index in [1.54, 1.807) is 25.1 Å². The van der Waals surface area contributed by atoms with Gasteiger partial charge in [-0.05, 0) is 25.0 Å². The highest BCUT2D eigenvalue weighted by Crippen LogP contribution is 2.11. The van der Waals surface area contributed by atoms with Crippen molar-refractivity contribution in [2.75, 3.05) is 18.4 Å². The predicted molar refractivity (Wildman–Crippen MR) is 96.1 cm³/mol. The maximum atomic E-state index is 12.5. The van der Waals surface area contributed by atoms with Gasteiger partial charge in [-0.15, -0.1) is 0 Å². The monoisotopic (exact) mass is 363 g/mol. The van der Waals surface area contributed by atoms with Crippen LogP contribution >= 0.6 is 0 Å². The fourth-order valence-electron chi connectivity index (χ4n) is 2.13. The molecule has 0 atom stereocenters. The molecular weight excluding hydrogens is 342 g/mol. The van der Waals surface area contributed by atoms with Crippen LogP contribution in [-0.2, 0) is 14.8 Å². The van der Waals surface area contributed by atoms with Gasteiger partial charge in [0.1, 0.15) is 5.76 Å². The Hall–Kier alpha value is -2.45. The highest BCUT2D eigenvalue weighted by molar-refractivity contribution is 7.92. The molecule has 2 rings (SSSR count). The molecule has 0 aliphatic carbocycles. The lowest BCUT2D eigenvalue weighted by molar-refractivity contribution is -0.116. The van der Waals surface area contributed by atoms with E-state index in [0.717, 1.165) is 15.3 Å². The van der Waals surface area contributed by atoms with Crippen molar-refractivity contribution >= 4 is 27.8 Å². The number of anilines is 1. The fraction of sp³-hybridized carbons (Fsp3) is 0.294. The standard InChI is InChI=1S/C17H21N3O4S/c1-3-10-20(13-17(21)18-16-12-14(2)24-19-16)25(22,23)11-9-15-7-5-4-6-8-15/h4-9,11-12H,3,10,13H2,1-2H3,(H,18,19,21). The van der Waals surface area contributed by atoms with E-state index in [2.05, 4.69) is 10.5 Å². The highest BCUT2D eigenvalue weighted by atomic mass is 32.2. The molecule has 0 spiro atoms. The molecule has 8 heteroatoms. The van der Waals surface area contributed by atoms with E-state index < -0.39 is 15.9 Å². The van der Waals surface area contributed by atoms with E-state index >= 15 is 0 Å². The SMILES string of the molecule is CCCN(CC(=O)Nc1cc(C)on1)S(=O)(=O)C=Cc1ccccc1. The third-order valence-corrected chi connectivity index (χ3v) is 4.79. The minimum absolute atomic E-state index is 0.243. The minimum atomic E-state index is -3.72. The molecule has 1 N–H and O–H groups in total. The summed E-state index contributed by atoms with van der Waals surface area (Å²) >= 11 is 0. The lowest BCUT2D eigenvalue weighted by Gasteiger charge is -2.18. The first kappa shape index (κ1) is 18.9. The predicted octanol–water partition coefficient (Wildman–Crippen LogP) is 2.63. The maximum Gasteiger partial charge on any atom is 0.240 e. The van der Waals surface area contributed by atoms with Crippen molar-refractivity contribution in [2.24, 2.45) is 0 Å². The van der Waals surface area contributed by atoms with Crippen molar-refractivity contribution < 1.29 is 17.7 Å². The van der Waals surface area contributed by atoms with Crippen LogP contribution in [0.1, 0.15) is 24.7 Å². The van der Waals surface area contributed by atoms with Crippen LogP contribution in [0, 0.1) is 6.92 Å². The van der Waals surface area contributed by atoms with Crippen LogP contribution in [0.2, 0.25) is 0 Å². The number of aromatic nitrogens is 1. The van der Waals surface area contributed by atoms with Crippen molar-refractivity contribution in [1.29, 1.82) is 0 Å². The average Bonchev–Trinajstić information content (AvgIpc) is 2.98. The van der Waals surface area contributed by atoms with Gasteiger partial charge in [0, 0.05) is 18.0 Å². The number of hydrogen-bond acceptors (Lipinski definition) is 5. The van der Waals surface area contributed by atoms with Crippen molar-refractivity contribution in [3.8, 4) is 0 Å². The minimum Gasteiger partial charge on any atom is -0.360 e. The Morgan fingerprint density at radius 2 is 2.04 bits per heavy atom. The third kappa shape index (κ3) is 5.84. The summed E-state index contributed by atoms with van der Waals surface area (Å²) in [6.07, 6.45) is 2.10. The van der Waals surface area contributed by atoms with Gasteiger partial charge in [-0.25, -0.2) is 8.42 Å². The van der Waals surface area contributed by atoms with Gasteiger partial charge in [-0.1, -0.05) is 42.4 Å². The van der Waals surface area contributed by atoms with Gasteiger partial charge >= 0.3 is 0 Å². The lowest BCUT2D eigenvalue weighted by Crippen LogP contribution is -2.37. The Bertz CT molecular complexity index is 829. The molecule has 0 radical (unpaired) electrons. The number of rotatable bonds is 8. The van der Waals surface area contributed by atoms with Gasteiger partial charge in [0.05, 0.1) is 6.54 Å². The molecule has 0 saturated heterocycles. The topological polar surface area (TPSA) is 92.5 Å². The van der Waals surface area contributed by atoms with Crippen molar-refractivity contribution in [3.63, 3.8) is 0 Å². The van der Waals surface area contributed by atoms with Crippen molar-refractivity contribution in [2.45, 2.75) is 20.3 Å². The molecule has 0 aliphatic heterocycles. The highest BCUT2D eigenvalue weighted by Gasteiger charge is 2.22. The molecule has 0 unspecified atom stereocenters. The number of carbonyl (C=O) groups excluding carboxylic acids is 1. The summed E-state index contributed by atoms with van der Waals surface area (Å²) < 4.78 is 31.0. The molecular formula is C17H21N3O4S. The van der Waals surface area contributed by atoms with Crippen LogP contribution in [0.4, 0.5) is 5.82 Å². The summed E-state index contributed by atoms with van der Waals surface area (Å²) in [6.45, 7) is 3.50. The quantitative estimate of drug-likeness (QED) is 0.778. The molecule has 0 fully saturated rings. The number of nitrogens with zero attached hydrogens (tertiary/aromatic N) is 2. The number of carbonyl (C=O) groups is 1. The normalized spacial score (nSPS) is 12.0. The van der Waals surface area contributed by atoms with Crippen LogP contribution in [0.15, 0.2) is 46.3 Å². The largest absolute Gasteiger partial charge is 0.360 e. The summed E-state index contributed by atoms with van der Waals surface area (Å²) in [6, 6.07) is 10.7. The number of nitrogens with one attached hydrogen (secondary N) is 1. The average molecular weight is 363 g/mol. The number of sulfonamides is 1. The molecule has 25 heavy (non-hydrogen) atoms. The second-order valence-electron chi connectivity index (χ2n) is 5.46. The summed E-state index contributed by atoms with van der Waals surface area (Å²) in [7, 11) is -3.72. The molecule has 0 aliphatic rings. The second-order valence-corrected chi connectivity index (χ2v) is 7.28. The van der Waals surface area contributed by atoms with Crippen LogP contribution in [0.5, 0.6) is 0 Å². The molecule has 1 amide bonds. The van der Waals surface area contributed by atoms with Crippen LogP contribution < -0.4 is 5.32 Å². The van der Waals surface area contributed by atoms with E-state index in [1.165, 1.54) is 6.08 Å². The number of hydrogen-bond donors (Lipinski definition) is 1. The van der Waals surface area contributed by atoms with Gasteiger partial charge in [0.2, 0.25) is 15.9 Å². The van der Waals surface area contributed by atoms with Crippen LogP contribution in [-0.4, -0.2) is 36.9 Å². The summed E-state index contributed by atoms with van der Waals surface area (Å²) in [4.78, 5) is 12.1. The number of amides is 1. The Morgan fingerprint density at radius 3 is 2.64 bits per heavy atom. The zero-order chi connectivity index (χ0) is 18.3. The molecule has 1 heterocycles. The Morgan fingerprint density at radius 1 is 1.32 bits per heavy atom. The van der Waals surface area contributed by atoms with Crippen LogP contribution in [0.3, 0.4) is 0 Å². The first-order valence-electron chi connectivity index (χ1n) is 7.87. The summed E-state index contributed by atoms with van der Waals surface area (Å²) in [5.74, 6) is 0.341. The van der Waals surface area contributed by atoms with Gasteiger partial charge in [0.25, 0.3) is 0 Å². The fourth-order valence-corrected chi connectivity index (χ4v) is 3.36. The summed E-state index contributed by atoms with van der Waals surface area (Å²) in [5, 5.41) is 7.30. The molecule has 1 aromatic carbocycles. The molecule has 134 valence electrons. The Balaban J connectivity index is 2.07. The van der Waals surface area contributed by atoms with E-state index in [1.807, 2.05) is 25.1 Å². The second kappa shape index (κ2) is 8.59. The smallest absolute Gasteiger partial charge is 0.240 e. The van der Waals surface area contributed by atoms with E-state index in [-0.39, 0.29) is 18.9 Å². The van der Waals surface area contributed by atoms with E-state index in [4.69, 9.17) is 4.52 Å². The van der Waals surface area contributed by atoms with E-state index in [0.29, 0.717) is 12.2 Å². The zero-order valence-corrected chi connectivity index (χ0v) is 15.0. The zero-order valence-electron chi connectivity index (χ0n) is 14.2. The van der Waals surface area contributed by atoms with E-state index in [9.17, 15) is 13.2 Å². The van der Waals surface area contributed by atoms with Crippen molar-refractivity contribution in [1.82, 2.24) is 9.46 Å². The van der Waals surface area contributed by atoms with Gasteiger partial charge in [-0.2, -0.15) is 4.31 Å². The lowest BCUT2D eigenvalue weighted by atomic mass is 10.2. The first-order valence-corrected chi connectivity index (χ1v) is 9.37. The van der Waals surface area contributed by atoms with Crippen LogP contribution in [0.25, 0.3) is 6.08 Å². The number of aryl methyl sites for hydroxylation is 1. The molecule has 1 aromatic heterocycles. The first-order chi connectivity index (χ1) is 11.9. The van der Waals surface area contributed by atoms with Gasteiger partial charge < -0.3 is 9.84 Å².